The van der Waals surface area contributed by atoms with Crippen LogP contribution in [0.4, 0.5) is 37.6 Å². The molecule has 0 radical (unpaired) electrons. The molecular weight excluding hydrogens is 997 g/mol. The molecule has 3 aliphatic rings. The zero-order chi connectivity index (χ0) is 50.1. The molecule has 3 aliphatic heterocycles. The lowest BCUT2D eigenvalue weighted by atomic mass is 9.99. The molecule has 0 aliphatic carbocycles. The van der Waals surface area contributed by atoms with Crippen molar-refractivity contribution < 1.29 is 32.1 Å². The van der Waals surface area contributed by atoms with Gasteiger partial charge < -0.3 is 34.2 Å². The maximum absolute atomic E-state index is 15.6. The Kier molecular flexibility index (Phi) is 15.0. The van der Waals surface area contributed by atoms with Gasteiger partial charge in [-0.3, -0.25) is 24.4 Å². The predicted molar refractivity (Wildman–Crippen MR) is 277 cm³/mol. The van der Waals surface area contributed by atoms with Gasteiger partial charge in [-0.2, -0.15) is 4.98 Å². The molecule has 3 aromatic heterocycles. The van der Waals surface area contributed by atoms with E-state index < -0.39 is 42.4 Å². The van der Waals surface area contributed by atoms with Gasteiger partial charge in [0.2, 0.25) is 17.8 Å². The van der Waals surface area contributed by atoms with E-state index in [1.165, 1.54) is 22.8 Å². The normalized spacial score (nSPS) is 17.6. The van der Waals surface area contributed by atoms with E-state index in [1.54, 1.807) is 25.6 Å². The average Bonchev–Trinajstić information content (AvgIpc) is 3.67. The highest BCUT2D eigenvalue weighted by Gasteiger charge is 2.33. The predicted octanol–water partition coefficient (Wildman–Crippen LogP) is 8.43. The first-order valence-electron chi connectivity index (χ1n) is 24.5. The molecule has 3 fully saturated rings. The molecule has 3 saturated heterocycles. The quantitative estimate of drug-likeness (QED) is 0.0621. The Morgan fingerprint density at radius 1 is 0.901 bits per heavy atom. The second kappa shape index (κ2) is 21.1. The van der Waals surface area contributed by atoms with Gasteiger partial charge in [0, 0.05) is 104 Å². The third-order valence-corrected chi connectivity index (χ3v) is 16.0. The van der Waals surface area contributed by atoms with E-state index in [1.807, 2.05) is 19.9 Å². The van der Waals surface area contributed by atoms with E-state index in [2.05, 4.69) is 75.6 Å². The molecule has 0 bridgehead atoms. The number of carbonyl (C=O) groups excluding carboxylic acids is 2. The van der Waals surface area contributed by atoms with Crippen molar-refractivity contribution in [2.45, 2.75) is 84.2 Å². The number of fused-ring (bicyclic) bond motifs is 2. The van der Waals surface area contributed by atoms with Crippen molar-refractivity contribution in [2.75, 3.05) is 81.3 Å². The van der Waals surface area contributed by atoms with Crippen LogP contribution in [0.15, 0.2) is 62.3 Å². The SMILES string of the molecule is CCOc1cc(N2CCC(N3CCN(CCCc4cc(F)cc5c4oc(=O)n5C4CCC(=O)NC4=O)CC3)CC2)c(CC)cc1Nc1ncc(Br)c(Nc2cc(F)c3nc(CC)ccc3c2P(C)(C)=O)n1. The molecule has 2 amide bonds. The van der Waals surface area contributed by atoms with Gasteiger partial charge in [0.25, 0.3) is 0 Å². The zero-order valence-electron chi connectivity index (χ0n) is 40.7. The fraction of sp³-hybridized carbons (Fsp3) is 0.451. The summed E-state index contributed by atoms with van der Waals surface area (Å²) in [5.41, 5.74) is 5.40. The van der Waals surface area contributed by atoms with E-state index in [9.17, 15) is 23.3 Å². The molecule has 9 rings (SSSR count). The van der Waals surface area contributed by atoms with Gasteiger partial charge in [0.1, 0.15) is 36.1 Å². The molecule has 3 N–H and O–H groups in total. The van der Waals surface area contributed by atoms with Crippen LogP contribution >= 0.6 is 23.1 Å². The van der Waals surface area contributed by atoms with Gasteiger partial charge in [-0.25, -0.2) is 23.5 Å². The molecular formula is C51H60BrF2N10O6P. The number of piperazine rings is 1. The minimum absolute atomic E-state index is 0.0906. The third-order valence-electron chi connectivity index (χ3n) is 13.9. The highest BCUT2D eigenvalue weighted by Crippen LogP contribution is 2.43. The van der Waals surface area contributed by atoms with Gasteiger partial charge >= 0.3 is 5.76 Å². The number of ether oxygens (including phenoxy) is 1. The molecule has 20 heteroatoms. The Morgan fingerprint density at radius 2 is 1.68 bits per heavy atom. The van der Waals surface area contributed by atoms with Crippen molar-refractivity contribution in [3.8, 4) is 5.75 Å². The topological polar surface area (TPSA) is 180 Å². The Hall–Kier alpha value is -5.75. The fourth-order valence-electron chi connectivity index (χ4n) is 10.4. The lowest BCUT2D eigenvalue weighted by Gasteiger charge is -2.43. The minimum Gasteiger partial charge on any atom is -0.492 e. The lowest BCUT2D eigenvalue weighted by Crippen LogP contribution is -2.53. The maximum atomic E-state index is 15.6. The Bertz CT molecular complexity index is 3110. The van der Waals surface area contributed by atoms with Gasteiger partial charge in [0.05, 0.1) is 28.0 Å². The number of hydrogen-bond acceptors (Lipinski definition) is 14. The number of benzene rings is 3. The van der Waals surface area contributed by atoms with Gasteiger partial charge in [-0.1, -0.05) is 19.9 Å². The van der Waals surface area contributed by atoms with Crippen LogP contribution in [-0.2, 0) is 33.4 Å². The maximum Gasteiger partial charge on any atom is 0.420 e. The molecule has 16 nitrogen and oxygen atoms in total. The second-order valence-corrected chi connectivity index (χ2v) is 22.9. The first kappa shape index (κ1) is 50.2. The number of amides is 2. The van der Waals surface area contributed by atoms with Crippen LogP contribution in [0.5, 0.6) is 5.75 Å². The van der Waals surface area contributed by atoms with Crippen molar-refractivity contribution >= 4 is 91.0 Å². The summed E-state index contributed by atoms with van der Waals surface area (Å²) in [5.74, 6) is -1.42. The number of aromatic nitrogens is 4. The molecule has 1 unspecified atom stereocenters. The molecule has 1 atom stereocenters. The molecule has 0 saturated carbocycles. The van der Waals surface area contributed by atoms with Crippen molar-refractivity contribution in [1.82, 2.24) is 34.6 Å². The first-order valence-corrected chi connectivity index (χ1v) is 27.9. The molecule has 6 aromatic rings. The standard InChI is InChI=1S/C51H60BrF2N10O6P/c1-6-30-25-38(58-50-55-29-36(52)48(60-50)57-39-27-37(54)45-35(47(39)71(4,5)68)12-11-33(7-2)56-45)43(69-8-3)28-41(30)63-18-15-34(16-19-63)62-22-20-61(21-23-62)17-9-10-31-24-32(53)26-42-46(31)70-51(67)64(42)40-13-14-44(65)59-49(40)66/h11-12,24-29,34,40H,6-10,13-23H2,1-5H3,(H,59,65,66)(H2,55,57,58,60). The molecule has 71 heavy (non-hydrogen) atoms. The Balaban J connectivity index is 0.817. The van der Waals surface area contributed by atoms with Crippen LogP contribution < -0.4 is 36.6 Å². The summed E-state index contributed by atoms with van der Waals surface area (Å²) in [7, 11) is -2.94. The van der Waals surface area contributed by atoms with Crippen molar-refractivity contribution in [3.05, 3.63) is 92.1 Å². The number of carbonyl (C=O) groups is 2. The van der Waals surface area contributed by atoms with Crippen LogP contribution in [0.3, 0.4) is 0 Å². The molecule has 3 aromatic carbocycles. The van der Waals surface area contributed by atoms with Gasteiger partial charge in [0.15, 0.2) is 11.4 Å². The molecule has 0 spiro atoms. The number of oxazole rings is 1. The minimum atomic E-state index is -2.94. The average molecular weight is 1060 g/mol. The summed E-state index contributed by atoms with van der Waals surface area (Å²) >= 11 is 3.56. The number of pyridine rings is 1. The smallest absolute Gasteiger partial charge is 0.420 e. The summed E-state index contributed by atoms with van der Waals surface area (Å²) < 4.78 is 57.8. The van der Waals surface area contributed by atoms with Crippen molar-refractivity contribution in [1.29, 1.82) is 0 Å². The van der Waals surface area contributed by atoms with E-state index >= 15 is 4.39 Å². The highest BCUT2D eigenvalue weighted by molar-refractivity contribution is 9.10. The van der Waals surface area contributed by atoms with Crippen LogP contribution in [0.25, 0.3) is 22.0 Å². The third kappa shape index (κ3) is 10.7. The number of hydrogen-bond donors (Lipinski definition) is 3. The van der Waals surface area contributed by atoms with E-state index in [4.69, 9.17) is 14.1 Å². The number of piperidine rings is 2. The number of anilines is 5. The van der Waals surface area contributed by atoms with Crippen molar-refractivity contribution in [2.24, 2.45) is 0 Å². The number of nitrogens with one attached hydrogen (secondary N) is 3. The molecule has 6 heterocycles. The Labute approximate surface area is 419 Å². The van der Waals surface area contributed by atoms with E-state index in [0.29, 0.717) is 69.4 Å². The summed E-state index contributed by atoms with van der Waals surface area (Å²) in [4.78, 5) is 58.6. The summed E-state index contributed by atoms with van der Waals surface area (Å²) in [5, 5.41) is 9.90. The van der Waals surface area contributed by atoms with Gasteiger partial charge in [-0.15, -0.1) is 0 Å². The first-order chi connectivity index (χ1) is 34.1. The number of halogens is 3. The van der Waals surface area contributed by atoms with Crippen LogP contribution in [-0.4, -0.2) is 113 Å². The lowest BCUT2D eigenvalue weighted by molar-refractivity contribution is -0.135. The van der Waals surface area contributed by atoms with Crippen molar-refractivity contribution in [3.63, 3.8) is 0 Å². The summed E-state index contributed by atoms with van der Waals surface area (Å²) in [6, 6.07) is 11.3. The van der Waals surface area contributed by atoms with E-state index in [-0.39, 0.29) is 29.5 Å². The largest absolute Gasteiger partial charge is 0.492 e. The fourth-order valence-corrected chi connectivity index (χ4v) is 12.1. The van der Waals surface area contributed by atoms with Crippen LogP contribution in [0.2, 0.25) is 0 Å². The number of aryl methyl sites for hydroxylation is 3. The zero-order valence-corrected chi connectivity index (χ0v) is 43.2. The van der Waals surface area contributed by atoms with E-state index in [0.717, 1.165) is 94.1 Å². The summed E-state index contributed by atoms with van der Waals surface area (Å²) in [6.45, 7) is 16.2. The summed E-state index contributed by atoms with van der Waals surface area (Å²) in [6.07, 6.45) is 6.60. The monoisotopic (exact) mass is 1060 g/mol. The molecule has 376 valence electrons. The van der Waals surface area contributed by atoms with Crippen LogP contribution in [0, 0.1) is 11.6 Å². The van der Waals surface area contributed by atoms with Gasteiger partial charge in [-0.05, 0) is 111 Å². The Morgan fingerprint density at radius 3 is 2.38 bits per heavy atom. The number of rotatable bonds is 16. The highest BCUT2D eigenvalue weighted by atomic mass is 79.9. The number of imide groups is 1. The second-order valence-electron chi connectivity index (χ2n) is 18.9. The van der Waals surface area contributed by atoms with Crippen LogP contribution in [0.1, 0.15) is 75.7 Å². The number of nitrogens with zero attached hydrogens (tertiary/aromatic N) is 7.